The van der Waals surface area contributed by atoms with Gasteiger partial charge in [-0.1, -0.05) is 23.5 Å². The molecule has 3 heterocycles. The maximum atomic E-state index is 11.1. The van der Waals surface area contributed by atoms with Gasteiger partial charge in [-0.3, -0.25) is 0 Å². The van der Waals surface area contributed by atoms with E-state index in [1.165, 1.54) is 17.0 Å². The van der Waals surface area contributed by atoms with E-state index in [1.807, 2.05) is 42.6 Å². The second-order valence-corrected chi connectivity index (χ2v) is 10.1. The van der Waals surface area contributed by atoms with E-state index in [0.29, 0.717) is 0 Å². The summed E-state index contributed by atoms with van der Waals surface area (Å²) in [5, 5.41) is 14.7. The lowest BCUT2D eigenvalue weighted by atomic mass is 10.1. The number of benzene rings is 3. The summed E-state index contributed by atoms with van der Waals surface area (Å²) in [5.74, 6) is 0.794. The van der Waals surface area contributed by atoms with Crippen molar-refractivity contribution in [2.75, 3.05) is 25.1 Å². The normalized spacial score (nSPS) is 14.1. The lowest BCUT2D eigenvalue weighted by molar-refractivity contribution is 0.0697. The first kappa shape index (κ1) is 24.0. The zero-order valence-electron chi connectivity index (χ0n) is 20.8. The first-order valence-corrected chi connectivity index (χ1v) is 13.2. The number of imidazole rings is 1. The average Bonchev–Trinajstić information content (AvgIpc) is 3.54. The van der Waals surface area contributed by atoms with Gasteiger partial charge in [0.25, 0.3) is 0 Å². The molecule has 5 aromatic rings. The van der Waals surface area contributed by atoms with Gasteiger partial charge in [-0.05, 0) is 60.7 Å². The lowest BCUT2D eigenvalue weighted by Crippen LogP contribution is -2.38. The van der Waals surface area contributed by atoms with Crippen LogP contribution in [0.25, 0.3) is 26.8 Å². The SMILES string of the molecule is COc1ccc(N2CCC(Oc3ccc(-c4nn5cc(-c6ccc(C(=O)O)cc6)nc5s4)cc3)CC2)cc1. The van der Waals surface area contributed by atoms with E-state index in [1.54, 1.807) is 35.9 Å². The number of fused-ring (bicyclic) bond motifs is 1. The Morgan fingerprint density at radius 2 is 1.58 bits per heavy atom. The molecule has 2 aromatic heterocycles. The average molecular weight is 527 g/mol. The minimum Gasteiger partial charge on any atom is -0.497 e. The fourth-order valence-electron chi connectivity index (χ4n) is 4.63. The van der Waals surface area contributed by atoms with E-state index in [0.717, 1.165) is 64.2 Å². The zero-order chi connectivity index (χ0) is 26.1. The van der Waals surface area contributed by atoms with Crippen LogP contribution in [0.5, 0.6) is 11.5 Å². The molecule has 1 aliphatic rings. The number of ether oxygens (including phenoxy) is 2. The third kappa shape index (κ3) is 4.92. The Morgan fingerprint density at radius 3 is 2.21 bits per heavy atom. The van der Waals surface area contributed by atoms with E-state index in [9.17, 15) is 4.79 Å². The van der Waals surface area contributed by atoms with E-state index < -0.39 is 5.97 Å². The van der Waals surface area contributed by atoms with Crippen molar-refractivity contribution in [3.63, 3.8) is 0 Å². The first-order chi connectivity index (χ1) is 18.6. The largest absolute Gasteiger partial charge is 0.497 e. The Kier molecular flexibility index (Phi) is 6.43. The maximum absolute atomic E-state index is 11.1. The van der Waals surface area contributed by atoms with Crippen molar-refractivity contribution in [1.82, 2.24) is 14.6 Å². The molecule has 0 atom stereocenters. The molecular formula is C29H26N4O4S. The van der Waals surface area contributed by atoms with Crippen molar-refractivity contribution >= 4 is 28.0 Å². The van der Waals surface area contributed by atoms with Crippen LogP contribution in [0.2, 0.25) is 0 Å². The number of nitrogens with zero attached hydrogens (tertiary/aromatic N) is 4. The second-order valence-electron chi connectivity index (χ2n) is 9.17. The highest BCUT2D eigenvalue weighted by molar-refractivity contribution is 7.19. The molecular weight excluding hydrogens is 500 g/mol. The van der Waals surface area contributed by atoms with Gasteiger partial charge in [0.15, 0.2) is 0 Å². The monoisotopic (exact) mass is 526 g/mol. The summed E-state index contributed by atoms with van der Waals surface area (Å²) in [6, 6.07) is 23.0. The molecule has 0 spiro atoms. The van der Waals surface area contributed by atoms with Crippen molar-refractivity contribution in [3.05, 3.63) is 84.6 Å². The molecule has 1 aliphatic heterocycles. The van der Waals surface area contributed by atoms with Crippen LogP contribution in [-0.4, -0.2) is 52.0 Å². The number of anilines is 1. The number of aromatic carboxylic acids is 1. The third-order valence-electron chi connectivity index (χ3n) is 6.75. The number of carboxylic acids is 1. The highest BCUT2D eigenvalue weighted by Gasteiger charge is 2.21. The Balaban J connectivity index is 1.07. The smallest absolute Gasteiger partial charge is 0.335 e. The molecule has 9 heteroatoms. The number of carbonyl (C=O) groups is 1. The van der Waals surface area contributed by atoms with Gasteiger partial charge in [-0.15, -0.1) is 0 Å². The Labute approximate surface area is 223 Å². The fourth-order valence-corrected chi connectivity index (χ4v) is 5.52. The summed E-state index contributed by atoms with van der Waals surface area (Å²) in [4.78, 5) is 18.9. The third-order valence-corrected chi connectivity index (χ3v) is 7.73. The highest BCUT2D eigenvalue weighted by atomic mass is 32.1. The number of hydrogen-bond acceptors (Lipinski definition) is 7. The topological polar surface area (TPSA) is 89.2 Å². The number of methoxy groups -OCH3 is 1. The van der Waals surface area contributed by atoms with Crippen LogP contribution in [0.1, 0.15) is 23.2 Å². The standard InChI is InChI=1S/C29H26N4O4S/c1-36-23-12-8-22(9-13-23)32-16-14-25(15-17-32)37-24-10-6-20(7-11-24)27-31-33-18-26(30-29(33)38-27)19-2-4-21(5-3-19)28(34)35/h2-13,18,25H,14-17H2,1H3,(H,34,35). The molecule has 0 saturated carbocycles. The highest BCUT2D eigenvalue weighted by Crippen LogP contribution is 2.30. The molecule has 0 amide bonds. The summed E-state index contributed by atoms with van der Waals surface area (Å²) in [7, 11) is 1.68. The van der Waals surface area contributed by atoms with Gasteiger partial charge in [0.2, 0.25) is 4.96 Å². The second kappa shape index (κ2) is 10.2. The van der Waals surface area contributed by atoms with Gasteiger partial charge in [0.1, 0.15) is 22.6 Å². The molecule has 0 radical (unpaired) electrons. The molecule has 6 rings (SSSR count). The Bertz CT molecular complexity index is 1520. The van der Waals surface area contributed by atoms with E-state index in [4.69, 9.17) is 19.7 Å². The number of hydrogen-bond donors (Lipinski definition) is 1. The van der Waals surface area contributed by atoms with E-state index in [-0.39, 0.29) is 11.7 Å². The fraction of sp³-hybridized carbons (Fsp3) is 0.207. The summed E-state index contributed by atoms with van der Waals surface area (Å²) in [5.41, 5.74) is 4.09. The molecule has 38 heavy (non-hydrogen) atoms. The zero-order valence-corrected chi connectivity index (χ0v) is 21.6. The van der Waals surface area contributed by atoms with Crippen molar-refractivity contribution in [2.45, 2.75) is 18.9 Å². The molecule has 0 aliphatic carbocycles. The van der Waals surface area contributed by atoms with Crippen LogP contribution in [0.3, 0.4) is 0 Å². The number of carboxylic acid groups (broad SMARTS) is 1. The maximum Gasteiger partial charge on any atom is 0.335 e. The first-order valence-electron chi connectivity index (χ1n) is 12.4. The number of rotatable bonds is 7. The molecule has 0 unspecified atom stereocenters. The Hall–Kier alpha value is -4.37. The lowest BCUT2D eigenvalue weighted by Gasteiger charge is -2.33. The van der Waals surface area contributed by atoms with Crippen molar-refractivity contribution < 1.29 is 19.4 Å². The van der Waals surface area contributed by atoms with Crippen molar-refractivity contribution in [1.29, 1.82) is 0 Å². The van der Waals surface area contributed by atoms with Crippen LogP contribution in [0.15, 0.2) is 79.0 Å². The predicted molar refractivity (Wildman–Crippen MR) is 148 cm³/mol. The summed E-state index contributed by atoms with van der Waals surface area (Å²) >= 11 is 1.51. The van der Waals surface area contributed by atoms with Gasteiger partial charge in [0.05, 0.1) is 24.6 Å². The quantitative estimate of drug-likeness (QED) is 0.283. The molecule has 8 nitrogen and oxygen atoms in total. The molecule has 3 aromatic carbocycles. The predicted octanol–water partition coefficient (Wildman–Crippen LogP) is 5.88. The number of aromatic nitrogens is 3. The van der Waals surface area contributed by atoms with Gasteiger partial charge < -0.3 is 19.5 Å². The molecule has 192 valence electrons. The minimum atomic E-state index is -0.944. The summed E-state index contributed by atoms with van der Waals surface area (Å²) in [6.07, 6.45) is 4.00. The van der Waals surface area contributed by atoms with Gasteiger partial charge >= 0.3 is 5.97 Å². The number of piperidine rings is 1. The van der Waals surface area contributed by atoms with Crippen molar-refractivity contribution in [2.24, 2.45) is 0 Å². The summed E-state index contributed by atoms with van der Waals surface area (Å²) in [6.45, 7) is 1.92. The van der Waals surface area contributed by atoms with Crippen LogP contribution in [0, 0.1) is 0 Å². The van der Waals surface area contributed by atoms with E-state index >= 15 is 0 Å². The van der Waals surface area contributed by atoms with Gasteiger partial charge in [0, 0.05) is 42.7 Å². The van der Waals surface area contributed by atoms with Crippen LogP contribution in [0.4, 0.5) is 5.69 Å². The molecule has 1 fully saturated rings. The van der Waals surface area contributed by atoms with Crippen LogP contribution in [-0.2, 0) is 0 Å². The van der Waals surface area contributed by atoms with Gasteiger partial charge in [-0.2, -0.15) is 5.10 Å². The minimum absolute atomic E-state index is 0.196. The molecule has 1 saturated heterocycles. The van der Waals surface area contributed by atoms with E-state index in [2.05, 4.69) is 22.0 Å². The van der Waals surface area contributed by atoms with Crippen LogP contribution < -0.4 is 14.4 Å². The molecule has 1 N–H and O–H groups in total. The summed E-state index contributed by atoms with van der Waals surface area (Å²) < 4.78 is 13.3. The Morgan fingerprint density at radius 1 is 0.921 bits per heavy atom. The van der Waals surface area contributed by atoms with Crippen LogP contribution >= 0.6 is 11.3 Å². The molecule has 0 bridgehead atoms. The van der Waals surface area contributed by atoms with Gasteiger partial charge in [-0.25, -0.2) is 14.3 Å². The van der Waals surface area contributed by atoms with Crippen molar-refractivity contribution in [3.8, 4) is 33.3 Å².